The lowest BCUT2D eigenvalue weighted by atomic mass is 10.1. The summed E-state index contributed by atoms with van der Waals surface area (Å²) >= 11 is 0. The fourth-order valence-electron chi connectivity index (χ4n) is 3.77. The summed E-state index contributed by atoms with van der Waals surface area (Å²) in [7, 11) is 1.75. The van der Waals surface area contributed by atoms with Crippen molar-refractivity contribution in [1.29, 1.82) is 0 Å². The Balaban J connectivity index is 1.43. The fourth-order valence-corrected chi connectivity index (χ4v) is 3.77. The molecule has 1 aliphatic heterocycles. The van der Waals surface area contributed by atoms with E-state index in [1.165, 1.54) is 12.8 Å². The van der Waals surface area contributed by atoms with Gasteiger partial charge in [0.15, 0.2) is 5.65 Å². The van der Waals surface area contributed by atoms with Gasteiger partial charge in [0, 0.05) is 44.3 Å². The van der Waals surface area contributed by atoms with Crippen LogP contribution in [0.5, 0.6) is 0 Å². The zero-order valence-corrected chi connectivity index (χ0v) is 16.9. The number of pyridine rings is 2. The summed E-state index contributed by atoms with van der Waals surface area (Å²) in [5, 5.41) is 11.8. The van der Waals surface area contributed by atoms with Crippen molar-refractivity contribution >= 4 is 23.2 Å². The summed E-state index contributed by atoms with van der Waals surface area (Å²) in [6.45, 7) is 3.96. The molecule has 1 saturated heterocycles. The van der Waals surface area contributed by atoms with Crippen molar-refractivity contribution < 1.29 is 4.79 Å². The predicted molar refractivity (Wildman–Crippen MR) is 114 cm³/mol. The average Bonchev–Trinajstić information content (AvgIpc) is 3.46. The minimum atomic E-state index is -0.253. The van der Waals surface area contributed by atoms with Crippen LogP contribution >= 0.6 is 0 Å². The standard InChI is InChI=1S/C21H22N8O/c1-14-5-7-22-17(11-14)16-13-23-27(2)19(16)20(30)24-15-6-10-29-18(12-15)25-21(26-29)28-8-3-4-9-28/h5-7,10-13H,3-4,8-9H2,1-2H3,(H,24,30). The Morgan fingerprint density at radius 3 is 2.80 bits per heavy atom. The molecule has 1 amide bonds. The number of amides is 1. The quantitative estimate of drug-likeness (QED) is 0.564. The van der Waals surface area contributed by atoms with Crippen LogP contribution in [0.3, 0.4) is 0 Å². The Morgan fingerprint density at radius 1 is 1.17 bits per heavy atom. The van der Waals surface area contributed by atoms with Crippen LogP contribution in [0, 0.1) is 6.92 Å². The number of hydrogen-bond acceptors (Lipinski definition) is 6. The molecule has 0 aliphatic carbocycles. The number of fused-ring (bicyclic) bond motifs is 1. The third-order valence-corrected chi connectivity index (χ3v) is 5.32. The highest BCUT2D eigenvalue weighted by Gasteiger charge is 2.20. The molecule has 30 heavy (non-hydrogen) atoms. The monoisotopic (exact) mass is 402 g/mol. The van der Waals surface area contributed by atoms with Gasteiger partial charge in [-0.05, 0) is 43.5 Å². The molecule has 0 bridgehead atoms. The van der Waals surface area contributed by atoms with Crippen molar-refractivity contribution in [3.05, 3.63) is 54.1 Å². The van der Waals surface area contributed by atoms with Crippen LogP contribution in [-0.4, -0.2) is 48.4 Å². The first-order valence-corrected chi connectivity index (χ1v) is 9.96. The van der Waals surface area contributed by atoms with Gasteiger partial charge in [-0.1, -0.05) is 0 Å². The van der Waals surface area contributed by atoms with Gasteiger partial charge in [-0.15, -0.1) is 5.10 Å². The van der Waals surface area contributed by atoms with E-state index in [1.807, 2.05) is 37.4 Å². The molecule has 0 saturated carbocycles. The van der Waals surface area contributed by atoms with E-state index in [4.69, 9.17) is 0 Å². The topological polar surface area (TPSA) is 93.2 Å². The number of aromatic nitrogens is 6. The molecule has 1 N–H and O–H groups in total. The Kier molecular flexibility index (Phi) is 4.42. The van der Waals surface area contributed by atoms with Crippen molar-refractivity contribution in [2.75, 3.05) is 23.3 Å². The van der Waals surface area contributed by atoms with Gasteiger partial charge in [-0.3, -0.25) is 14.5 Å². The highest BCUT2D eigenvalue weighted by atomic mass is 16.2. The van der Waals surface area contributed by atoms with Gasteiger partial charge < -0.3 is 10.2 Å². The largest absolute Gasteiger partial charge is 0.340 e. The Morgan fingerprint density at radius 2 is 2.00 bits per heavy atom. The molecule has 0 atom stereocenters. The van der Waals surface area contributed by atoms with Crippen molar-refractivity contribution in [1.82, 2.24) is 29.4 Å². The summed E-state index contributed by atoms with van der Waals surface area (Å²) in [6.07, 6.45) is 7.54. The van der Waals surface area contributed by atoms with Crippen molar-refractivity contribution in [3.8, 4) is 11.3 Å². The van der Waals surface area contributed by atoms with E-state index < -0.39 is 0 Å². The molecule has 4 aromatic heterocycles. The first-order chi connectivity index (χ1) is 14.6. The van der Waals surface area contributed by atoms with Gasteiger partial charge >= 0.3 is 0 Å². The van der Waals surface area contributed by atoms with Gasteiger partial charge in [0.1, 0.15) is 5.69 Å². The van der Waals surface area contributed by atoms with Crippen molar-refractivity contribution in [2.24, 2.45) is 7.05 Å². The number of carbonyl (C=O) groups is 1. The summed E-state index contributed by atoms with van der Waals surface area (Å²) in [4.78, 5) is 24.3. The number of rotatable bonds is 4. The van der Waals surface area contributed by atoms with E-state index >= 15 is 0 Å². The maximum Gasteiger partial charge on any atom is 0.274 e. The molecule has 0 radical (unpaired) electrons. The molecule has 5 rings (SSSR count). The van der Waals surface area contributed by atoms with Crippen LogP contribution < -0.4 is 10.2 Å². The van der Waals surface area contributed by atoms with Gasteiger partial charge in [-0.2, -0.15) is 10.1 Å². The van der Waals surface area contributed by atoms with E-state index in [0.717, 1.165) is 30.3 Å². The van der Waals surface area contributed by atoms with Gasteiger partial charge in [0.2, 0.25) is 5.95 Å². The second-order valence-corrected chi connectivity index (χ2v) is 7.53. The fraction of sp³-hybridized carbons (Fsp3) is 0.286. The minimum absolute atomic E-state index is 0.253. The van der Waals surface area contributed by atoms with E-state index in [-0.39, 0.29) is 5.91 Å². The number of hydrogen-bond donors (Lipinski definition) is 1. The molecular formula is C21H22N8O. The molecule has 152 valence electrons. The van der Waals surface area contributed by atoms with E-state index in [0.29, 0.717) is 22.6 Å². The maximum absolute atomic E-state index is 13.1. The minimum Gasteiger partial charge on any atom is -0.340 e. The molecule has 1 fully saturated rings. The number of aryl methyl sites for hydroxylation is 2. The SMILES string of the molecule is Cc1ccnc(-c2cnn(C)c2C(=O)Nc2ccn3nc(N4CCCC4)nc3c2)c1. The molecule has 9 nitrogen and oxygen atoms in total. The molecule has 5 heterocycles. The Bertz CT molecular complexity index is 1240. The van der Waals surface area contributed by atoms with Gasteiger partial charge in [0.25, 0.3) is 5.91 Å². The average molecular weight is 402 g/mol. The summed E-state index contributed by atoms with van der Waals surface area (Å²) in [5.41, 5.74) is 4.28. The Labute approximate surface area is 173 Å². The lowest BCUT2D eigenvalue weighted by Gasteiger charge is -2.10. The lowest BCUT2D eigenvalue weighted by Crippen LogP contribution is -2.19. The third-order valence-electron chi connectivity index (χ3n) is 5.32. The molecule has 0 spiro atoms. The van der Waals surface area contributed by atoms with Crippen LogP contribution in [-0.2, 0) is 7.05 Å². The van der Waals surface area contributed by atoms with Crippen LogP contribution in [0.2, 0.25) is 0 Å². The molecule has 0 unspecified atom stereocenters. The molecule has 4 aromatic rings. The number of anilines is 2. The van der Waals surface area contributed by atoms with Crippen LogP contribution in [0.25, 0.3) is 16.9 Å². The van der Waals surface area contributed by atoms with Crippen molar-refractivity contribution in [2.45, 2.75) is 19.8 Å². The Hall–Kier alpha value is -3.75. The number of nitrogens with zero attached hydrogens (tertiary/aromatic N) is 7. The van der Waals surface area contributed by atoms with Gasteiger partial charge in [-0.25, -0.2) is 4.52 Å². The van der Waals surface area contributed by atoms with E-state index in [9.17, 15) is 4.79 Å². The molecule has 1 aliphatic rings. The highest BCUT2D eigenvalue weighted by molar-refractivity contribution is 6.07. The molecule has 0 aromatic carbocycles. The highest BCUT2D eigenvalue weighted by Crippen LogP contribution is 2.24. The van der Waals surface area contributed by atoms with Crippen LogP contribution in [0.1, 0.15) is 28.9 Å². The smallest absolute Gasteiger partial charge is 0.274 e. The first-order valence-electron chi connectivity index (χ1n) is 9.96. The zero-order chi connectivity index (χ0) is 20.7. The second-order valence-electron chi connectivity index (χ2n) is 7.53. The summed E-state index contributed by atoms with van der Waals surface area (Å²) < 4.78 is 3.30. The first kappa shape index (κ1) is 18.3. The number of carbonyl (C=O) groups excluding carboxylic acids is 1. The number of nitrogens with one attached hydrogen (secondary N) is 1. The third kappa shape index (κ3) is 3.28. The normalized spacial score (nSPS) is 13.9. The molecular weight excluding hydrogens is 380 g/mol. The summed E-state index contributed by atoms with van der Waals surface area (Å²) in [5.74, 6) is 0.479. The van der Waals surface area contributed by atoms with Crippen LogP contribution in [0.15, 0.2) is 42.9 Å². The zero-order valence-electron chi connectivity index (χ0n) is 16.9. The van der Waals surface area contributed by atoms with E-state index in [1.54, 1.807) is 28.6 Å². The second kappa shape index (κ2) is 7.25. The molecule has 9 heteroatoms. The van der Waals surface area contributed by atoms with Gasteiger partial charge in [0.05, 0.1) is 17.5 Å². The van der Waals surface area contributed by atoms with Crippen molar-refractivity contribution in [3.63, 3.8) is 0 Å². The van der Waals surface area contributed by atoms with Crippen LogP contribution in [0.4, 0.5) is 11.6 Å². The maximum atomic E-state index is 13.1. The lowest BCUT2D eigenvalue weighted by molar-refractivity contribution is 0.101. The predicted octanol–water partition coefficient (Wildman–Crippen LogP) is 2.69. The van der Waals surface area contributed by atoms with E-state index in [2.05, 4.69) is 30.4 Å². The summed E-state index contributed by atoms with van der Waals surface area (Å²) in [6, 6.07) is 7.50.